The summed E-state index contributed by atoms with van der Waals surface area (Å²) >= 11 is 1.26. The first kappa shape index (κ1) is 17.1. The molecule has 1 aromatic heterocycles. The molecule has 1 amide bonds. The molecule has 0 saturated heterocycles. The maximum Gasteiger partial charge on any atom is 0.335 e. The number of rotatable bonds is 5. The number of nitrogens with zero attached hydrogens (tertiary/aromatic N) is 1. The van der Waals surface area contributed by atoms with Gasteiger partial charge in [0.05, 0.1) is 22.0 Å². The van der Waals surface area contributed by atoms with Crippen LogP contribution in [0, 0.1) is 18.7 Å². The average Bonchev–Trinajstić information content (AvgIpc) is 2.80. The van der Waals surface area contributed by atoms with Gasteiger partial charge in [0.25, 0.3) is 5.91 Å². The quantitative estimate of drug-likeness (QED) is 0.872. The van der Waals surface area contributed by atoms with Gasteiger partial charge in [0, 0.05) is 0 Å². The third-order valence-corrected chi connectivity index (χ3v) is 4.09. The predicted molar refractivity (Wildman–Crippen MR) is 86.7 cm³/mol. The van der Waals surface area contributed by atoms with E-state index in [1.165, 1.54) is 23.5 Å². The van der Waals surface area contributed by atoms with E-state index in [9.17, 15) is 14.0 Å². The maximum absolute atomic E-state index is 13.9. The van der Waals surface area contributed by atoms with Crippen molar-refractivity contribution in [1.29, 1.82) is 0 Å². The molecule has 0 radical (unpaired) electrons. The van der Waals surface area contributed by atoms with Gasteiger partial charge in [0.2, 0.25) is 0 Å². The Kier molecular flexibility index (Phi) is 5.10. The standard InChI is InChI=1S/C16H17FN2O3S/c1-8(2)6-13-14(23-9(3)18-13)15(20)19-12-5-4-10(16(21)22)7-11(12)17/h4-5,7-8H,6H2,1-3H3,(H,19,20)(H,21,22). The smallest absolute Gasteiger partial charge is 0.335 e. The molecule has 2 N–H and O–H groups in total. The zero-order valence-electron chi connectivity index (χ0n) is 13.0. The van der Waals surface area contributed by atoms with E-state index >= 15 is 0 Å². The zero-order valence-corrected chi connectivity index (χ0v) is 13.8. The lowest BCUT2D eigenvalue weighted by Crippen LogP contribution is -2.14. The molecule has 23 heavy (non-hydrogen) atoms. The van der Waals surface area contributed by atoms with Gasteiger partial charge in [-0.1, -0.05) is 13.8 Å². The predicted octanol–water partition coefficient (Wildman–Crippen LogP) is 3.74. The van der Waals surface area contributed by atoms with Gasteiger partial charge in [-0.05, 0) is 37.5 Å². The number of halogens is 1. The number of benzene rings is 1. The summed E-state index contributed by atoms with van der Waals surface area (Å²) in [4.78, 5) is 28.0. The van der Waals surface area contributed by atoms with Gasteiger partial charge in [-0.3, -0.25) is 4.79 Å². The van der Waals surface area contributed by atoms with Crippen LogP contribution in [0.1, 0.15) is 44.6 Å². The van der Waals surface area contributed by atoms with E-state index in [1.54, 1.807) is 0 Å². The first-order chi connectivity index (χ1) is 10.8. The minimum absolute atomic E-state index is 0.0541. The molecule has 1 aromatic carbocycles. The molecule has 5 nitrogen and oxygen atoms in total. The summed E-state index contributed by atoms with van der Waals surface area (Å²) < 4.78 is 13.9. The number of carboxylic acids is 1. The van der Waals surface area contributed by atoms with E-state index in [0.717, 1.165) is 11.1 Å². The zero-order chi connectivity index (χ0) is 17.1. The highest BCUT2D eigenvalue weighted by Crippen LogP contribution is 2.23. The molecule has 0 fully saturated rings. The van der Waals surface area contributed by atoms with Crippen molar-refractivity contribution in [3.05, 3.63) is 45.2 Å². The summed E-state index contributed by atoms with van der Waals surface area (Å²) in [6.07, 6.45) is 0.660. The maximum atomic E-state index is 13.9. The Morgan fingerprint density at radius 1 is 1.39 bits per heavy atom. The van der Waals surface area contributed by atoms with Crippen molar-refractivity contribution >= 4 is 28.9 Å². The van der Waals surface area contributed by atoms with Crippen LogP contribution in [0.15, 0.2) is 18.2 Å². The summed E-state index contributed by atoms with van der Waals surface area (Å²) in [6, 6.07) is 3.37. The van der Waals surface area contributed by atoms with Gasteiger partial charge in [-0.15, -0.1) is 11.3 Å². The lowest BCUT2D eigenvalue weighted by atomic mass is 10.1. The highest BCUT2D eigenvalue weighted by atomic mass is 32.1. The molecule has 122 valence electrons. The van der Waals surface area contributed by atoms with E-state index < -0.39 is 17.7 Å². The molecule has 2 rings (SSSR count). The van der Waals surface area contributed by atoms with Crippen LogP contribution in [0.3, 0.4) is 0 Å². The van der Waals surface area contributed by atoms with Crippen LogP contribution in [-0.2, 0) is 6.42 Å². The van der Waals surface area contributed by atoms with Crippen LogP contribution in [0.25, 0.3) is 0 Å². The number of carbonyl (C=O) groups is 2. The lowest BCUT2D eigenvalue weighted by molar-refractivity contribution is 0.0696. The average molecular weight is 336 g/mol. The van der Waals surface area contributed by atoms with Crippen molar-refractivity contribution in [2.45, 2.75) is 27.2 Å². The number of carbonyl (C=O) groups excluding carboxylic acids is 1. The molecule has 0 aliphatic rings. The summed E-state index contributed by atoms with van der Waals surface area (Å²) in [5.41, 5.74) is 0.471. The fraction of sp³-hybridized carbons (Fsp3) is 0.312. The number of thiazole rings is 1. The Balaban J connectivity index is 2.24. The molecular formula is C16H17FN2O3S. The number of hydrogen-bond acceptors (Lipinski definition) is 4. The molecule has 0 spiro atoms. The first-order valence-electron chi connectivity index (χ1n) is 7.08. The Morgan fingerprint density at radius 2 is 2.09 bits per heavy atom. The number of anilines is 1. The topological polar surface area (TPSA) is 79.3 Å². The largest absolute Gasteiger partial charge is 0.478 e. The number of nitrogens with one attached hydrogen (secondary N) is 1. The fourth-order valence-corrected chi connectivity index (χ4v) is 2.94. The molecule has 0 unspecified atom stereocenters. The Bertz CT molecular complexity index is 756. The number of hydrogen-bond donors (Lipinski definition) is 2. The van der Waals surface area contributed by atoms with Gasteiger partial charge >= 0.3 is 5.97 Å². The molecular weight excluding hydrogens is 319 g/mol. The van der Waals surface area contributed by atoms with Crippen molar-refractivity contribution in [3.8, 4) is 0 Å². The van der Waals surface area contributed by atoms with Gasteiger partial charge in [0.1, 0.15) is 10.7 Å². The van der Waals surface area contributed by atoms with Crippen LogP contribution < -0.4 is 5.32 Å². The summed E-state index contributed by atoms with van der Waals surface area (Å²) in [5, 5.41) is 12.1. The van der Waals surface area contributed by atoms with E-state index in [-0.39, 0.29) is 11.3 Å². The van der Waals surface area contributed by atoms with Crippen molar-refractivity contribution < 1.29 is 19.1 Å². The van der Waals surface area contributed by atoms with Crippen LogP contribution in [0.5, 0.6) is 0 Å². The monoisotopic (exact) mass is 336 g/mol. The molecule has 0 aliphatic carbocycles. The molecule has 0 bridgehead atoms. The first-order valence-corrected chi connectivity index (χ1v) is 7.90. The molecule has 7 heteroatoms. The third-order valence-electron chi connectivity index (χ3n) is 3.08. The summed E-state index contributed by atoms with van der Waals surface area (Å²) in [7, 11) is 0. The van der Waals surface area contributed by atoms with Crippen LogP contribution in [0.4, 0.5) is 10.1 Å². The van der Waals surface area contributed by atoms with E-state index in [4.69, 9.17) is 5.11 Å². The highest BCUT2D eigenvalue weighted by molar-refractivity contribution is 7.13. The molecule has 0 atom stereocenters. The van der Waals surface area contributed by atoms with Crippen LogP contribution in [-0.4, -0.2) is 22.0 Å². The van der Waals surface area contributed by atoms with Gasteiger partial charge in [-0.25, -0.2) is 14.2 Å². The number of amides is 1. The molecule has 1 heterocycles. The van der Waals surface area contributed by atoms with Gasteiger partial charge < -0.3 is 10.4 Å². The Morgan fingerprint density at radius 3 is 2.65 bits per heavy atom. The molecule has 2 aromatic rings. The van der Waals surface area contributed by atoms with E-state index in [2.05, 4.69) is 10.3 Å². The number of aromatic nitrogens is 1. The second-order valence-corrected chi connectivity index (χ2v) is 6.76. The van der Waals surface area contributed by atoms with Crippen molar-refractivity contribution in [2.24, 2.45) is 5.92 Å². The van der Waals surface area contributed by atoms with Crippen LogP contribution >= 0.6 is 11.3 Å². The highest BCUT2D eigenvalue weighted by Gasteiger charge is 2.19. The second-order valence-electron chi connectivity index (χ2n) is 5.56. The number of aryl methyl sites for hydroxylation is 1. The van der Waals surface area contributed by atoms with Crippen molar-refractivity contribution in [3.63, 3.8) is 0 Å². The normalized spacial score (nSPS) is 10.8. The van der Waals surface area contributed by atoms with E-state index in [1.807, 2.05) is 20.8 Å². The number of aromatic carboxylic acids is 1. The second kappa shape index (κ2) is 6.87. The fourth-order valence-electron chi connectivity index (χ4n) is 2.10. The molecule has 0 aliphatic heterocycles. The molecule has 0 saturated carbocycles. The van der Waals surface area contributed by atoms with Crippen molar-refractivity contribution in [1.82, 2.24) is 4.98 Å². The van der Waals surface area contributed by atoms with Crippen LogP contribution in [0.2, 0.25) is 0 Å². The summed E-state index contributed by atoms with van der Waals surface area (Å²) in [5.74, 6) is -2.10. The SMILES string of the molecule is Cc1nc(CC(C)C)c(C(=O)Nc2ccc(C(=O)O)cc2F)s1. The summed E-state index contributed by atoms with van der Waals surface area (Å²) in [6.45, 7) is 5.87. The minimum Gasteiger partial charge on any atom is -0.478 e. The lowest BCUT2D eigenvalue weighted by Gasteiger charge is -2.08. The van der Waals surface area contributed by atoms with E-state index in [0.29, 0.717) is 22.9 Å². The minimum atomic E-state index is -1.22. The number of carboxylic acid groups (broad SMARTS) is 1. The van der Waals surface area contributed by atoms with Gasteiger partial charge in [0.15, 0.2) is 0 Å². The Labute approximate surface area is 137 Å². The Hall–Kier alpha value is -2.28. The van der Waals surface area contributed by atoms with Crippen molar-refractivity contribution in [2.75, 3.05) is 5.32 Å². The third kappa shape index (κ3) is 4.13. The van der Waals surface area contributed by atoms with Gasteiger partial charge in [-0.2, -0.15) is 0 Å².